The highest BCUT2D eigenvalue weighted by Crippen LogP contribution is 2.28. The Morgan fingerprint density at radius 1 is 0.727 bits per heavy atom. The number of nitrogens with two attached hydrogens (primary N) is 3. The fourth-order valence-electron chi connectivity index (χ4n) is 1.67. The molecule has 0 amide bonds. The highest BCUT2D eigenvalue weighted by molar-refractivity contribution is 8.00. The molecule has 0 saturated carbocycles. The molecule has 0 aliphatic heterocycles. The number of nitrogen functional groups attached to an aromatic ring is 3. The summed E-state index contributed by atoms with van der Waals surface area (Å²) in [5.41, 5.74) is 16.3. The predicted molar refractivity (Wildman–Crippen MR) is 81.6 cm³/mol. The van der Waals surface area contributed by atoms with E-state index >= 15 is 0 Å². The van der Waals surface area contributed by atoms with Crippen molar-refractivity contribution < 1.29 is 20.5 Å². The molecule has 0 radical (unpaired) electrons. The van der Waals surface area contributed by atoms with Gasteiger partial charge in [0.25, 0.3) is 0 Å². The molecule has 118 valence electrons. The van der Waals surface area contributed by atoms with Crippen LogP contribution in [0.5, 0.6) is 0 Å². The maximum Gasteiger partial charge on any atom is 0.313 e. The molecule has 2 aromatic carbocycles. The second kappa shape index (κ2) is 5.48. The molecule has 0 aliphatic rings. The van der Waals surface area contributed by atoms with Crippen LogP contribution in [0.4, 0.5) is 17.1 Å². The molecule has 0 fully saturated rings. The first kappa shape index (κ1) is 16.1. The first-order valence-electron chi connectivity index (χ1n) is 5.84. The highest BCUT2D eigenvalue weighted by Gasteiger charge is 2.29. The van der Waals surface area contributed by atoms with Gasteiger partial charge in [0, 0.05) is 5.69 Å². The molecule has 6 N–H and O–H groups in total. The molecule has 0 aromatic heterocycles. The van der Waals surface area contributed by atoms with Crippen LogP contribution in [0.2, 0.25) is 0 Å². The van der Waals surface area contributed by atoms with E-state index in [2.05, 4.69) is 3.63 Å². The lowest BCUT2D eigenvalue weighted by molar-refractivity contribution is 0.462. The lowest BCUT2D eigenvalue weighted by Crippen LogP contribution is -2.16. The quantitative estimate of drug-likeness (QED) is 0.679. The minimum atomic E-state index is -4.68. The van der Waals surface area contributed by atoms with Crippen molar-refractivity contribution in [1.29, 1.82) is 0 Å². The molecule has 0 aliphatic carbocycles. The summed E-state index contributed by atoms with van der Waals surface area (Å²) in [5.74, 6) is 0. The van der Waals surface area contributed by atoms with Gasteiger partial charge < -0.3 is 17.2 Å². The number of para-hydroxylation sites is 1. The number of rotatable bonds is 4. The molecule has 22 heavy (non-hydrogen) atoms. The van der Waals surface area contributed by atoms with Crippen molar-refractivity contribution in [2.24, 2.45) is 0 Å². The van der Waals surface area contributed by atoms with E-state index in [0.29, 0.717) is 0 Å². The standard InChI is InChI=1S/C12H13N3O5S2/c13-8-5-6-10(15)12(7-8)22(18,19)20-21(16,17)11-4-2-1-3-9(11)14/h1-7H,13-15H2. The van der Waals surface area contributed by atoms with Crippen LogP contribution in [-0.2, 0) is 23.9 Å². The molecule has 2 aromatic rings. The lowest BCUT2D eigenvalue weighted by Gasteiger charge is -2.10. The Balaban J connectivity index is 2.49. The number of hydrogen-bond acceptors (Lipinski definition) is 8. The third-order valence-electron chi connectivity index (χ3n) is 2.67. The van der Waals surface area contributed by atoms with Gasteiger partial charge in [-0.15, -0.1) is 3.63 Å². The van der Waals surface area contributed by atoms with E-state index in [4.69, 9.17) is 17.2 Å². The molecule has 0 spiro atoms. The monoisotopic (exact) mass is 343 g/mol. The van der Waals surface area contributed by atoms with Gasteiger partial charge in [0.05, 0.1) is 11.4 Å². The normalized spacial score (nSPS) is 12.2. The first-order valence-corrected chi connectivity index (χ1v) is 8.66. The van der Waals surface area contributed by atoms with E-state index in [-0.39, 0.29) is 17.1 Å². The number of benzene rings is 2. The van der Waals surface area contributed by atoms with Gasteiger partial charge in [-0.1, -0.05) is 12.1 Å². The van der Waals surface area contributed by atoms with E-state index in [9.17, 15) is 16.8 Å². The zero-order chi connectivity index (χ0) is 16.5. The van der Waals surface area contributed by atoms with Gasteiger partial charge in [0.15, 0.2) is 0 Å². The molecule has 0 saturated heterocycles. The zero-order valence-electron chi connectivity index (χ0n) is 11.1. The SMILES string of the molecule is Nc1ccc(N)c(S(=O)(=O)OS(=O)(=O)c2ccccc2N)c1. The summed E-state index contributed by atoms with van der Waals surface area (Å²) in [7, 11) is -9.32. The predicted octanol–water partition coefficient (Wildman–Crippen LogP) is 0.527. The Hall–Kier alpha value is -2.30. The number of hydrogen-bond donors (Lipinski definition) is 3. The Morgan fingerprint density at radius 3 is 1.91 bits per heavy atom. The Bertz CT molecular complexity index is 924. The highest BCUT2D eigenvalue weighted by atomic mass is 32.3. The Kier molecular flexibility index (Phi) is 4.00. The van der Waals surface area contributed by atoms with Crippen molar-refractivity contribution in [3.05, 3.63) is 42.5 Å². The van der Waals surface area contributed by atoms with Gasteiger partial charge in [-0.05, 0) is 30.3 Å². The summed E-state index contributed by atoms with van der Waals surface area (Å²) in [6, 6.07) is 8.93. The van der Waals surface area contributed by atoms with Crippen molar-refractivity contribution in [2.75, 3.05) is 17.2 Å². The second-order valence-corrected chi connectivity index (χ2v) is 7.55. The van der Waals surface area contributed by atoms with E-state index in [1.54, 1.807) is 0 Å². The van der Waals surface area contributed by atoms with Crippen LogP contribution in [-0.4, -0.2) is 16.8 Å². The molecule has 10 heteroatoms. The van der Waals surface area contributed by atoms with Gasteiger partial charge >= 0.3 is 20.2 Å². The Morgan fingerprint density at radius 2 is 1.27 bits per heavy atom. The molecule has 0 heterocycles. The van der Waals surface area contributed by atoms with Crippen LogP contribution < -0.4 is 17.2 Å². The van der Waals surface area contributed by atoms with E-state index < -0.39 is 30.0 Å². The molecule has 0 unspecified atom stereocenters. The van der Waals surface area contributed by atoms with Crippen LogP contribution in [0.3, 0.4) is 0 Å². The fourth-order valence-corrected chi connectivity index (χ4v) is 4.44. The fraction of sp³-hybridized carbons (Fsp3) is 0. The second-order valence-electron chi connectivity index (χ2n) is 4.31. The maximum absolute atomic E-state index is 12.1. The van der Waals surface area contributed by atoms with Crippen LogP contribution in [0.15, 0.2) is 52.3 Å². The minimum absolute atomic E-state index is 0.0907. The topological polar surface area (TPSA) is 156 Å². The average molecular weight is 343 g/mol. The number of anilines is 3. The summed E-state index contributed by atoms with van der Waals surface area (Å²) < 4.78 is 52.8. The van der Waals surface area contributed by atoms with E-state index in [1.807, 2.05) is 0 Å². The molecular formula is C12H13N3O5S2. The molecule has 0 bridgehead atoms. The van der Waals surface area contributed by atoms with Crippen molar-refractivity contribution in [3.8, 4) is 0 Å². The van der Waals surface area contributed by atoms with E-state index in [1.165, 1.54) is 30.3 Å². The maximum atomic E-state index is 12.1. The van der Waals surface area contributed by atoms with Gasteiger partial charge in [-0.2, -0.15) is 16.8 Å². The van der Waals surface area contributed by atoms with Crippen LogP contribution in [0.25, 0.3) is 0 Å². The van der Waals surface area contributed by atoms with Crippen LogP contribution >= 0.6 is 0 Å². The largest absolute Gasteiger partial charge is 0.399 e. The van der Waals surface area contributed by atoms with Gasteiger partial charge in [0.2, 0.25) is 0 Å². The third-order valence-corrected chi connectivity index (χ3v) is 5.91. The van der Waals surface area contributed by atoms with Crippen LogP contribution in [0.1, 0.15) is 0 Å². The summed E-state index contributed by atoms with van der Waals surface area (Å²) >= 11 is 0. The van der Waals surface area contributed by atoms with Crippen LogP contribution in [0, 0.1) is 0 Å². The van der Waals surface area contributed by atoms with Crippen molar-refractivity contribution in [3.63, 3.8) is 0 Å². The van der Waals surface area contributed by atoms with Gasteiger partial charge in [-0.3, -0.25) is 0 Å². The van der Waals surface area contributed by atoms with Crippen molar-refractivity contribution >= 4 is 37.3 Å². The summed E-state index contributed by atoms with van der Waals surface area (Å²) in [6.45, 7) is 0. The average Bonchev–Trinajstić information content (AvgIpc) is 2.40. The van der Waals surface area contributed by atoms with Crippen molar-refractivity contribution in [1.82, 2.24) is 0 Å². The lowest BCUT2D eigenvalue weighted by atomic mass is 10.3. The smallest absolute Gasteiger partial charge is 0.313 e. The molecule has 2 rings (SSSR count). The molecular weight excluding hydrogens is 330 g/mol. The molecule has 0 atom stereocenters. The summed E-state index contributed by atoms with van der Waals surface area (Å²) in [6.07, 6.45) is 0. The van der Waals surface area contributed by atoms with E-state index in [0.717, 1.165) is 12.1 Å². The van der Waals surface area contributed by atoms with Crippen molar-refractivity contribution in [2.45, 2.75) is 9.79 Å². The minimum Gasteiger partial charge on any atom is -0.399 e. The summed E-state index contributed by atoms with van der Waals surface area (Å²) in [4.78, 5) is -0.994. The molecule has 8 nitrogen and oxygen atoms in total. The van der Waals surface area contributed by atoms with Gasteiger partial charge in [-0.25, -0.2) is 0 Å². The Labute approximate surface area is 127 Å². The zero-order valence-corrected chi connectivity index (χ0v) is 12.8. The third kappa shape index (κ3) is 3.13. The summed E-state index contributed by atoms with van der Waals surface area (Å²) in [5, 5.41) is 0. The van der Waals surface area contributed by atoms with Gasteiger partial charge in [0.1, 0.15) is 9.79 Å². The first-order chi connectivity index (χ1) is 10.1.